The van der Waals surface area contributed by atoms with Gasteiger partial charge in [-0.1, -0.05) is 13.8 Å². The van der Waals surface area contributed by atoms with Crippen molar-refractivity contribution in [3.05, 3.63) is 0 Å². The van der Waals surface area contributed by atoms with Crippen LogP contribution in [0.25, 0.3) is 0 Å². The molecule has 0 aromatic heterocycles. The monoisotopic (exact) mass is 283 g/mol. The number of nitrogens with zero attached hydrogens (tertiary/aromatic N) is 2. The molecule has 5 nitrogen and oxygen atoms in total. The molecule has 5 heteroatoms. The average molecular weight is 283 g/mol. The predicted molar refractivity (Wildman–Crippen MR) is 79.8 cm³/mol. The van der Waals surface area contributed by atoms with Crippen LogP contribution < -0.4 is 5.32 Å². The zero-order chi connectivity index (χ0) is 14.4. The molecule has 0 aliphatic carbocycles. The maximum Gasteiger partial charge on any atom is 0.317 e. The number of morpholine rings is 1. The van der Waals surface area contributed by atoms with Crippen molar-refractivity contribution in [2.75, 3.05) is 45.9 Å². The largest absolute Gasteiger partial charge is 0.379 e. The highest BCUT2D eigenvalue weighted by Crippen LogP contribution is 2.13. The molecule has 2 saturated heterocycles. The molecule has 0 aromatic carbocycles. The van der Waals surface area contributed by atoms with Gasteiger partial charge in [0.1, 0.15) is 0 Å². The van der Waals surface area contributed by atoms with Crippen LogP contribution >= 0.6 is 0 Å². The minimum absolute atomic E-state index is 0.115. The first kappa shape index (κ1) is 15.6. The van der Waals surface area contributed by atoms with E-state index in [0.29, 0.717) is 12.0 Å². The lowest BCUT2D eigenvalue weighted by Gasteiger charge is -2.35. The highest BCUT2D eigenvalue weighted by Gasteiger charge is 2.24. The Morgan fingerprint density at radius 1 is 1.15 bits per heavy atom. The number of ether oxygens (including phenoxy) is 1. The van der Waals surface area contributed by atoms with Crippen LogP contribution in [0.1, 0.15) is 33.1 Å². The first-order valence-corrected chi connectivity index (χ1v) is 8.01. The summed E-state index contributed by atoms with van der Waals surface area (Å²) < 4.78 is 5.42. The maximum absolute atomic E-state index is 12.1. The zero-order valence-electron chi connectivity index (χ0n) is 12.9. The molecule has 20 heavy (non-hydrogen) atoms. The first-order chi connectivity index (χ1) is 9.66. The Labute approximate surface area is 122 Å². The molecule has 1 N–H and O–H groups in total. The van der Waals surface area contributed by atoms with Crippen molar-refractivity contribution < 1.29 is 9.53 Å². The summed E-state index contributed by atoms with van der Waals surface area (Å²) in [6, 6.07) is 0.551. The molecular weight excluding hydrogens is 254 g/mol. The van der Waals surface area contributed by atoms with Gasteiger partial charge in [-0.25, -0.2) is 4.79 Å². The number of rotatable bonds is 5. The SMILES string of the molecule is CC(C)CC(CNC(=O)N1CCCC1)N1CCOCC1. The van der Waals surface area contributed by atoms with Gasteiger partial charge in [0.05, 0.1) is 13.2 Å². The fourth-order valence-corrected chi connectivity index (χ4v) is 3.09. The average Bonchev–Trinajstić information content (AvgIpc) is 2.98. The number of carbonyl (C=O) groups is 1. The summed E-state index contributed by atoms with van der Waals surface area (Å²) in [4.78, 5) is 16.5. The van der Waals surface area contributed by atoms with Crippen LogP contribution in [0, 0.1) is 5.92 Å². The van der Waals surface area contributed by atoms with E-state index in [1.165, 1.54) is 0 Å². The molecule has 0 spiro atoms. The lowest BCUT2D eigenvalue weighted by molar-refractivity contribution is 0.0127. The van der Waals surface area contributed by atoms with E-state index in [-0.39, 0.29) is 6.03 Å². The van der Waals surface area contributed by atoms with Crippen LogP contribution in [-0.4, -0.2) is 67.8 Å². The molecule has 1 unspecified atom stereocenters. The van der Waals surface area contributed by atoms with E-state index in [1.807, 2.05) is 4.90 Å². The van der Waals surface area contributed by atoms with Crippen molar-refractivity contribution in [3.63, 3.8) is 0 Å². The van der Waals surface area contributed by atoms with E-state index in [4.69, 9.17) is 4.74 Å². The van der Waals surface area contributed by atoms with Gasteiger partial charge in [-0.15, -0.1) is 0 Å². The molecule has 2 fully saturated rings. The van der Waals surface area contributed by atoms with Crippen molar-refractivity contribution >= 4 is 6.03 Å². The molecule has 0 aromatic rings. The van der Waals surface area contributed by atoms with Crippen LogP contribution in [0.15, 0.2) is 0 Å². The second-order valence-electron chi connectivity index (χ2n) is 6.31. The molecule has 0 saturated carbocycles. The molecule has 2 heterocycles. The number of carbonyl (C=O) groups excluding carboxylic acids is 1. The Morgan fingerprint density at radius 2 is 1.80 bits per heavy atom. The number of likely N-dealkylation sites (tertiary alicyclic amines) is 1. The Balaban J connectivity index is 1.81. The zero-order valence-corrected chi connectivity index (χ0v) is 12.9. The van der Waals surface area contributed by atoms with Gasteiger partial charge >= 0.3 is 6.03 Å². The summed E-state index contributed by atoms with van der Waals surface area (Å²) in [6.45, 7) is 10.7. The third-order valence-electron chi connectivity index (χ3n) is 4.19. The lowest BCUT2D eigenvalue weighted by Crippen LogP contribution is -2.51. The number of urea groups is 1. The van der Waals surface area contributed by atoms with Crippen molar-refractivity contribution in [3.8, 4) is 0 Å². The second kappa shape index (κ2) is 7.84. The van der Waals surface area contributed by atoms with Crippen LogP contribution in [0.2, 0.25) is 0 Å². The molecule has 0 radical (unpaired) electrons. The Kier molecular flexibility index (Phi) is 6.10. The van der Waals surface area contributed by atoms with Crippen molar-refractivity contribution in [2.24, 2.45) is 5.92 Å². The normalized spacial score (nSPS) is 22.2. The van der Waals surface area contributed by atoms with E-state index in [9.17, 15) is 4.79 Å². The van der Waals surface area contributed by atoms with Gasteiger partial charge in [-0.05, 0) is 25.2 Å². The van der Waals surface area contributed by atoms with Crippen molar-refractivity contribution in [1.82, 2.24) is 15.1 Å². The summed E-state index contributed by atoms with van der Waals surface area (Å²) in [6.07, 6.45) is 3.42. The second-order valence-corrected chi connectivity index (χ2v) is 6.31. The third kappa shape index (κ3) is 4.63. The quantitative estimate of drug-likeness (QED) is 0.832. The highest BCUT2D eigenvalue weighted by molar-refractivity contribution is 5.74. The van der Waals surface area contributed by atoms with E-state index < -0.39 is 0 Å². The summed E-state index contributed by atoms with van der Waals surface area (Å²) >= 11 is 0. The van der Waals surface area contributed by atoms with Crippen molar-refractivity contribution in [2.45, 2.75) is 39.2 Å². The lowest BCUT2D eigenvalue weighted by atomic mass is 10.0. The molecule has 1 atom stereocenters. The topological polar surface area (TPSA) is 44.8 Å². The van der Waals surface area contributed by atoms with Crippen LogP contribution in [0.3, 0.4) is 0 Å². The van der Waals surface area contributed by atoms with Crippen LogP contribution in [0.5, 0.6) is 0 Å². The predicted octanol–water partition coefficient (Wildman–Crippen LogP) is 1.54. The maximum atomic E-state index is 12.1. The molecule has 116 valence electrons. The number of amides is 2. The van der Waals surface area contributed by atoms with Crippen LogP contribution in [-0.2, 0) is 4.74 Å². The molecule has 2 rings (SSSR count). The van der Waals surface area contributed by atoms with Gasteiger partial charge < -0.3 is 15.0 Å². The molecule has 0 bridgehead atoms. The van der Waals surface area contributed by atoms with Gasteiger partial charge in [0.2, 0.25) is 0 Å². The Morgan fingerprint density at radius 3 is 2.40 bits per heavy atom. The first-order valence-electron chi connectivity index (χ1n) is 8.01. The minimum Gasteiger partial charge on any atom is -0.379 e. The van der Waals surface area contributed by atoms with E-state index in [2.05, 4.69) is 24.1 Å². The molecule has 2 aliphatic rings. The number of hydrogen-bond donors (Lipinski definition) is 1. The van der Waals surface area contributed by atoms with E-state index >= 15 is 0 Å². The van der Waals surface area contributed by atoms with E-state index in [0.717, 1.165) is 65.2 Å². The smallest absolute Gasteiger partial charge is 0.317 e. The van der Waals surface area contributed by atoms with Gasteiger partial charge in [0, 0.05) is 38.8 Å². The van der Waals surface area contributed by atoms with Gasteiger partial charge in [-0.2, -0.15) is 0 Å². The highest BCUT2D eigenvalue weighted by atomic mass is 16.5. The van der Waals surface area contributed by atoms with Crippen molar-refractivity contribution in [1.29, 1.82) is 0 Å². The standard InChI is InChI=1S/C15H29N3O2/c1-13(2)11-14(17-7-9-20-10-8-17)12-16-15(19)18-5-3-4-6-18/h13-14H,3-12H2,1-2H3,(H,16,19). The fraction of sp³-hybridized carbons (Fsp3) is 0.933. The van der Waals surface area contributed by atoms with Gasteiger partial charge in [0.25, 0.3) is 0 Å². The number of nitrogens with one attached hydrogen (secondary N) is 1. The summed E-state index contributed by atoms with van der Waals surface area (Å²) in [5.41, 5.74) is 0. The van der Waals surface area contributed by atoms with Crippen LogP contribution in [0.4, 0.5) is 4.79 Å². The van der Waals surface area contributed by atoms with Gasteiger partial charge in [-0.3, -0.25) is 4.90 Å². The molecule has 2 amide bonds. The van der Waals surface area contributed by atoms with E-state index in [1.54, 1.807) is 0 Å². The van der Waals surface area contributed by atoms with Gasteiger partial charge in [0.15, 0.2) is 0 Å². The summed E-state index contributed by atoms with van der Waals surface area (Å²) in [7, 11) is 0. The fourth-order valence-electron chi connectivity index (χ4n) is 3.09. The Bertz CT molecular complexity index is 297. The molecular formula is C15H29N3O2. The molecule has 2 aliphatic heterocycles. The summed E-state index contributed by atoms with van der Waals surface area (Å²) in [5, 5.41) is 3.13. The number of hydrogen-bond acceptors (Lipinski definition) is 3. The third-order valence-corrected chi connectivity index (χ3v) is 4.19. The summed E-state index contributed by atoms with van der Waals surface area (Å²) in [5.74, 6) is 0.645. The Hall–Kier alpha value is -0.810. The minimum atomic E-state index is 0.115.